The van der Waals surface area contributed by atoms with Crippen LogP contribution in [-0.4, -0.2) is 16.9 Å². The van der Waals surface area contributed by atoms with E-state index < -0.39 is 0 Å². The molecule has 0 spiro atoms. The first-order chi connectivity index (χ1) is 8.67. The largest absolute Gasteiger partial charge is 0.493 e. The summed E-state index contributed by atoms with van der Waals surface area (Å²) >= 11 is 0. The molecule has 0 saturated heterocycles. The lowest BCUT2D eigenvalue weighted by Crippen LogP contribution is -1.96. The summed E-state index contributed by atoms with van der Waals surface area (Å²) in [5.41, 5.74) is 3.33. The van der Waals surface area contributed by atoms with E-state index in [1.54, 1.807) is 6.92 Å². The molecule has 1 aromatic carbocycles. The van der Waals surface area contributed by atoms with Crippen molar-refractivity contribution in [1.82, 2.24) is 5.16 Å². The minimum atomic E-state index is -0.0931. The number of ether oxygens (including phenoxy) is 1. The Kier molecular flexibility index (Phi) is 3.67. The Morgan fingerprint density at radius 3 is 2.78 bits per heavy atom. The Bertz CT molecular complexity index is 546. The number of aromatic nitrogens is 1. The molecule has 2 rings (SSSR count). The number of aliphatic hydroxyl groups excluding tert-OH is 1. The van der Waals surface area contributed by atoms with Gasteiger partial charge in [0, 0.05) is 11.1 Å². The number of hydrogen-bond donors (Lipinski definition) is 1. The molecular weight excluding hydrogens is 230 g/mol. The Morgan fingerprint density at radius 2 is 2.11 bits per heavy atom. The normalized spacial score (nSPS) is 10.7. The van der Waals surface area contributed by atoms with E-state index in [0.717, 1.165) is 16.9 Å². The van der Waals surface area contributed by atoms with Gasteiger partial charge in [-0.3, -0.25) is 0 Å². The lowest BCUT2D eigenvalue weighted by atomic mass is 10.0. The van der Waals surface area contributed by atoms with Crippen molar-refractivity contribution in [1.29, 1.82) is 0 Å². The third-order valence-electron chi connectivity index (χ3n) is 2.83. The van der Waals surface area contributed by atoms with E-state index in [1.807, 2.05) is 32.0 Å². The van der Waals surface area contributed by atoms with Crippen LogP contribution in [0.15, 0.2) is 22.7 Å². The summed E-state index contributed by atoms with van der Waals surface area (Å²) in [4.78, 5) is 0. The molecule has 0 amide bonds. The van der Waals surface area contributed by atoms with Crippen LogP contribution in [0.4, 0.5) is 0 Å². The summed E-state index contributed by atoms with van der Waals surface area (Å²) in [5.74, 6) is 1.39. The molecule has 0 bridgehead atoms. The highest BCUT2D eigenvalue weighted by molar-refractivity contribution is 5.70. The van der Waals surface area contributed by atoms with Crippen LogP contribution in [0.2, 0.25) is 0 Å². The quantitative estimate of drug-likeness (QED) is 0.902. The maximum atomic E-state index is 9.40. The molecule has 4 heteroatoms. The molecule has 0 radical (unpaired) electrons. The Morgan fingerprint density at radius 1 is 1.33 bits per heavy atom. The molecule has 0 aliphatic rings. The van der Waals surface area contributed by atoms with Crippen molar-refractivity contribution >= 4 is 0 Å². The van der Waals surface area contributed by atoms with E-state index >= 15 is 0 Å². The number of nitrogens with zero attached hydrogens (tertiary/aromatic N) is 1. The predicted molar refractivity (Wildman–Crippen MR) is 68.5 cm³/mol. The van der Waals surface area contributed by atoms with Crippen LogP contribution in [-0.2, 0) is 6.61 Å². The van der Waals surface area contributed by atoms with Gasteiger partial charge in [-0.25, -0.2) is 0 Å². The van der Waals surface area contributed by atoms with Gasteiger partial charge >= 0.3 is 0 Å². The third kappa shape index (κ3) is 2.24. The maximum absolute atomic E-state index is 9.40. The second kappa shape index (κ2) is 5.23. The van der Waals surface area contributed by atoms with Gasteiger partial charge in [0.15, 0.2) is 0 Å². The summed E-state index contributed by atoms with van der Waals surface area (Å²) < 4.78 is 10.7. The van der Waals surface area contributed by atoms with Crippen molar-refractivity contribution in [2.45, 2.75) is 27.4 Å². The van der Waals surface area contributed by atoms with E-state index in [4.69, 9.17) is 9.26 Å². The summed E-state index contributed by atoms with van der Waals surface area (Å²) in [5, 5.41) is 13.4. The molecule has 0 atom stereocenters. The highest BCUT2D eigenvalue weighted by Crippen LogP contribution is 2.33. The first kappa shape index (κ1) is 12.6. The van der Waals surface area contributed by atoms with Gasteiger partial charge in [-0.15, -0.1) is 0 Å². The smallest absolute Gasteiger partial charge is 0.139 e. The van der Waals surface area contributed by atoms with Gasteiger partial charge in [0.1, 0.15) is 17.2 Å². The highest BCUT2D eigenvalue weighted by Gasteiger charge is 2.17. The van der Waals surface area contributed by atoms with Gasteiger partial charge < -0.3 is 14.4 Å². The summed E-state index contributed by atoms with van der Waals surface area (Å²) in [6.07, 6.45) is 0. The summed E-state index contributed by atoms with van der Waals surface area (Å²) in [6.45, 7) is 6.22. The van der Waals surface area contributed by atoms with Crippen LogP contribution in [0.1, 0.15) is 23.8 Å². The highest BCUT2D eigenvalue weighted by atomic mass is 16.5. The third-order valence-corrected chi connectivity index (χ3v) is 2.83. The first-order valence-electron chi connectivity index (χ1n) is 5.97. The van der Waals surface area contributed by atoms with Crippen molar-refractivity contribution < 1.29 is 14.4 Å². The number of rotatable bonds is 4. The fraction of sp³-hybridized carbons (Fsp3) is 0.357. The zero-order valence-corrected chi connectivity index (χ0v) is 10.9. The van der Waals surface area contributed by atoms with E-state index in [2.05, 4.69) is 5.16 Å². The van der Waals surface area contributed by atoms with Gasteiger partial charge in [-0.1, -0.05) is 16.8 Å². The molecule has 0 fully saturated rings. The average molecular weight is 247 g/mol. The topological polar surface area (TPSA) is 55.5 Å². The zero-order chi connectivity index (χ0) is 13.1. The van der Waals surface area contributed by atoms with Gasteiger partial charge in [0.25, 0.3) is 0 Å². The number of benzene rings is 1. The van der Waals surface area contributed by atoms with Crippen LogP contribution >= 0.6 is 0 Å². The monoisotopic (exact) mass is 247 g/mol. The average Bonchev–Trinajstić information content (AvgIpc) is 2.73. The van der Waals surface area contributed by atoms with Crippen molar-refractivity contribution in [3.63, 3.8) is 0 Å². The lowest BCUT2D eigenvalue weighted by molar-refractivity contribution is 0.278. The maximum Gasteiger partial charge on any atom is 0.139 e. The van der Waals surface area contributed by atoms with Gasteiger partial charge in [-0.05, 0) is 32.9 Å². The van der Waals surface area contributed by atoms with Crippen molar-refractivity contribution in [2.24, 2.45) is 0 Å². The number of aryl methyl sites for hydroxylation is 2. The zero-order valence-electron chi connectivity index (χ0n) is 10.9. The summed E-state index contributed by atoms with van der Waals surface area (Å²) in [6, 6.07) is 5.89. The number of aliphatic hydroxyl groups is 1. The molecule has 0 saturated carbocycles. The van der Waals surface area contributed by atoms with Crippen LogP contribution in [0.3, 0.4) is 0 Å². The Hall–Kier alpha value is -1.81. The minimum Gasteiger partial charge on any atom is -0.493 e. The Balaban J connectivity index is 2.57. The lowest BCUT2D eigenvalue weighted by Gasteiger charge is -2.10. The molecule has 1 aromatic heterocycles. The SMILES string of the molecule is CCOc1ccc(C)cc1-c1noc(C)c1CO. The summed E-state index contributed by atoms with van der Waals surface area (Å²) in [7, 11) is 0. The van der Waals surface area contributed by atoms with Gasteiger partial charge in [0.05, 0.1) is 13.2 Å². The molecule has 18 heavy (non-hydrogen) atoms. The van der Waals surface area contributed by atoms with Crippen molar-refractivity contribution in [3.05, 3.63) is 35.1 Å². The van der Waals surface area contributed by atoms with E-state index in [9.17, 15) is 5.11 Å². The number of hydrogen-bond acceptors (Lipinski definition) is 4. The molecule has 0 aliphatic carbocycles. The standard InChI is InChI=1S/C14H17NO3/c1-4-17-13-6-5-9(2)7-11(13)14-12(8-16)10(3)18-15-14/h5-7,16H,4,8H2,1-3H3. The van der Waals surface area contributed by atoms with Crippen molar-refractivity contribution in [2.75, 3.05) is 6.61 Å². The minimum absolute atomic E-state index is 0.0931. The van der Waals surface area contributed by atoms with Crippen LogP contribution in [0.5, 0.6) is 5.75 Å². The van der Waals surface area contributed by atoms with Crippen LogP contribution < -0.4 is 4.74 Å². The molecule has 1 N–H and O–H groups in total. The Labute approximate surface area is 106 Å². The molecule has 0 aliphatic heterocycles. The molecule has 1 heterocycles. The van der Waals surface area contributed by atoms with E-state index in [0.29, 0.717) is 23.6 Å². The van der Waals surface area contributed by atoms with E-state index in [1.165, 1.54) is 0 Å². The van der Waals surface area contributed by atoms with Crippen molar-refractivity contribution in [3.8, 4) is 17.0 Å². The molecular formula is C14H17NO3. The van der Waals surface area contributed by atoms with Crippen LogP contribution in [0, 0.1) is 13.8 Å². The second-order valence-electron chi connectivity index (χ2n) is 4.16. The van der Waals surface area contributed by atoms with Gasteiger partial charge in [0.2, 0.25) is 0 Å². The molecule has 0 unspecified atom stereocenters. The fourth-order valence-electron chi connectivity index (χ4n) is 1.90. The molecule has 4 nitrogen and oxygen atoms in total. The first-order valence-corrected chi connectivity index (χ1v) is 5.97. The second-order valence-corrected chi connectivity index (χ2v) is 4.16. The fourth-order valence-corrected chi connectivity index (χ4v) is 1.90. The van der Waals surface area contributed by atoms with E-state index in [-0.39, 0.29) is 6.61 Å². The molecule has 96 valence electrons. The van der Waals surface area contributed by atoms with Crippen LogP contribution in [0.25, 0.3) is 11.3 Å². The molecule has 2 aromatic rings. The van der Waals surface area contributed by atoms with Gasteiger partial charge in [-0.2, -0.15) is 0 Å². The predicted octanol–water partition coefficient (Wildman–Crippen LogP) is 2.85.